The number of hydrogen-bond donors (Lipinski definition) is 3. The Morgan fingerprint density at radius 1 is 1.05 bits per heavy atom. The smallest absolute Gasteiger partial charge is 0.149 e. The fourth-order valence-electron chi connectivity index (χ4n) is 2.72. The van der Waals surface area contributed by atoms with Crippen LogP contribution in [0.2, 0.25) is 0 Å². The number of halogens is 3. The van der Waals surface area contributed by atoms with Crippen LogP contribution in [0, 0.1) is 0 Å². The van der Waals surface area contributed by atoms with E-state index in [0.717, 1.165) is 11.0 Å². The zero-order valence-electron chi connectivity index (χ0n) is 10.4. The van der Waals surface area contributed by atoms with E-state index in [2.05, 4.69) is 56.1 Å². The Hall–Kier alpha value is -0.420. The molecule has 0 unspecified atom stereocenters. The van der Waals surface area contributed by atoms with Gasteiger partial charge >= 0.3 is 0 Å². The predicted octanol–water partition coefficient (Wildman–Crippen LogP) is 2.86. The second-order valence-corrected chi connectivity index (χ2v) is 5.50. The first-order valence-electron chi connectivity index (χ1n) is 6.01. The second kappa shape index (κ2) is 6.84. The molecule has 3 rings (SSSR count). The van der Waals surface area contributed by atoms with Crippen LogP contribution in [0.1, 0.15) is 18.4 Å². The topological polar surface area (TPSA) is 36.1 Å². The van der Waals surface area contributed by atoms with E-state index < -0.39 is 0 Å². The van der Waals surface area contributed by atoms with E-state index in [1.165, 1.54) is 18.4 Å². The zero-order valence-corrected chi connectivity index (χ0v) is 13.6. The number of hydrogen-bond acceptors (Lipinski definition) is 3. The summed E-state index contributed by atoms with van der Waals surface area (Å²) in [5, 5.41) is 10.5. The van der Waals surface area contributed by atoms with E-state index in [1.54, 1.807) is 0 Å². The first kappa shape index (κ1) is 16.6. The molecule has 0 amide bonds. The van der Waals surface area contributed by atoms with Crippen LogP contribution in [0.3, 0.4) is 0 Å². The monoisotopic (exact) mass is 365 g/mol. The average molecular weight is 367 g/mol. The Kier molecular flexibility index (Phi) is 5.99. The molecule has 0 aromatic heterocycles. The summed E-state index contributed by atoms with van der Waals surface area (Å²) >= 11 is 3.48. The summed E-state index contributed by atoms with van der Waals surface area (Å²) in [5.41, 5.74) is 1.09. The molecule has 0 bridgehead atoms. The van der Waals surface area contributed by atoms with Crippen molar-refractivity contribution in [3.63, 3.8) is 0 Å². The van der Waals surface area contributed by atoms with E-state index in [9.17, 15) is 0 Å². The SMILES string of the molecule is Brc1ccc(C2([C@@H]3CCCN3)NC=CN2)cc1.Cl.Cl. The molecule has 3 N–H and O–H groups in total. The Balaban J connectivity index is 0.000000902. The van der Waals surface area contributed by atoms with Crippen molar-refractivity contribution >= 4 is 40.7 Å². The molecule has 19 heavy (non-hydrogen) atoms. The van der Waals surface area contributed by atoms with Crippen molar-refractivity contribution in [2.75, 3.05) is 6.54 Å². The molecule has 0 saturated carbocycles. The molecule has 106 valence electrons. The highest BCUT2D eigenvalue weighted by molar-refractivity contribution is 9.10. The number of rotatable bonds is 2. The Morgan fingerprint density at radius 2 is 1.68 bits per heavy atom. The molecule has 0 spiro atoms. The van der Waals surface area contributed by atoms with Crippen LogP contribution in [-0.4, -0.2) is 12.6 Å². The minimum Gasteiger partial charge on any atom is -0.363 e. The summed E-state index contributed by atoms with van der Waals surface area (Å²) in [5.74, 6) is 0. The highest BCUT2D eigenvalue weighted by Crippen LogP contribution is 2.30. The van der Waals surface area contributed by atoms with Gasteiger partial charge in [-0.2, -0.15) is 0 Å². The third-order valence-corrected chi connectivity index (χ3v) is 4.12. The van der Waals surface area contributed by atoms with Crippen molar-refractivity contribution in [2.45, 2.75) is 24.5 Å². The van der Waals surface area contributed by atoms with Gasteiger partial charge in [0.1, 0.15) is 5.66 Å². The Morgan fingerprint density at radius 3 is 2.21 bits per heavy atom. The van der Waals surface area contributed by atoms with Gasteiger partial charge in [-0.15, -0.1) is 24.8 Å². The van der Waals surface area contributed by atoms with E-state index in [4.69, 9.17) is 0 Å². The van der Waals surface area contributed by atoms with Crippen LogP contribution in [0.25, 0.3) is 0 Å². The fraction of sp³-hybridized carbons (Fsp3) is 0.385. The van der Waals surface area contributed by atoms with Crippen LogP contribution < -0.4 is 16.0 Å². The molecule has 0 aliphatic carbocycles. The lowest BCUT2D eigenvalue weighted by Crippen LogP contribution is -2.58. The van der Waals surface area contributed by atoms with Gasteiger partial charge in [-0.3, -0.25) is 0 Å². The van der Waals surface area contributed by atoms with Crippen molar-refractivity contribution in [3.8, 4) is 0 Å². The Labute approximate surface area is 134 Å². The summed E-state index contributed by atoms with van der Waals surface area (Å²) in [6.07, 6.45) is 6.41. The quantitative estimate of drug-likeness (QED) is 0.753. The van der Waals surface area contributed by atoms with E-state index in [1.807, 2.05) is 12.4 Å². The van der Waals surface area contributed by atoms with Gasteiger partial charge in [-0.25, -0.2) is 0 Å². The molecule has 1 aromatic carbocycles. The van der Waals surface area contributed by atoms with Gasteiger partial charge in [0.2, 0.25) is 0 Å². The molecular formula is C13H18BrCl2N3. The Bertz CT molecular complexity index is 422. The largest absolute Gasteiger partial charge is 0.363 e. The van der Waals surface area contributed by atoms with Crippen LogP contribution >= 0.6 is 40.7 Å². The van der Waals surface area contributed by atoms with Crippen LogP contribution in [0.15, 0.2) is 41.1 Å². The minimum atomic E-state index is -0.183. The van der Waals surface area contributed by atoms with Gasteiger partial charge in [0.25, 0.3) is 0 Å². The molecule has 1 saturated heterocycles. The van der Waals surface area contributed by atoms with Crippen molar-refractivity contribution in [3.05, 3.63) is 46.7 Å². The molecule has 1 aromatic rings. The molecule has 2 heterocycles. The summed E-state index contributed by atoms with van der Waals surface area (Å²) in [6.45, 7) is 1.10. The summed E-state index contributed by atoms with van der Waals surface area (Å²) in [6, 6.07) is 8.94. The van der Waals surface area contributed by atoms with Crippen LogP contribution in [-0.2, 0) is 5.66 Å². The van der Waals surface area contributed by atoms with Crippen molar-refractivity contribution in [2.24, 2.45) is 0 Å². The maximum Gasteiger partial charge on any atom is 0.149 e. The third kappa shape index (κ3) is 3.02. The van der Waals surface area contributed by atoms with Gasteiger partial charge < -0.3 is 16.0 Å². The zero-order chi connectivity index (χ0) is 11.7. The second-order valence-electron chi connectivity index (χ2n) is 4.59. The fourth-order valence-corrected chi connectivity index (χ4v) is 2.99. The molecule has 1 fully saturated rings. The van der Waals surface area contributed by atoms with E-state index in [-0.39, 0.29) is 30.5 Å². The average Bonchev–Trinajstić information content (AvgIpc) is 3.01. The highest BCUT2D eigenvalue weighted by atomic mass is 79.9. The summed E-state index contributed by atoms with van der Waals surface area (Å²) < 4.78 is 1.11. The minimum absolute atomic E-state index is 0. The van der Waals surface area contributed by atoms with Crippen molar-refractivity contribution < 1.29 is 0 Å². The molecule has 2 aliphatic heterocycles. The summed E-state index contributed by atoms with van der Waals surface area (Å²) in [4.78, 5) is 0. The van der Waals surface area contributed by atoms with Gasteiger partial charge in [-0.05, 0) is 37.1 Å². The summed E-state index contributed by atoms with van der Waals surface area (Å²) in [7, 11) is 0. The lowest BCUT2D eigenvalue weighted by atomic mass is 9.91. The maximum absolute atomic E-state index is 3.58. The molecule has 1 atom stereocenters. The van der Waals surface area contributed by atoms with Gasteiger partial charge in [0.15, 0.2) is 0 Å². The van der Waals surface area contributed by atoms with Crippen LogP contribution in [0.5, 0.6) is 0 Å². The molecule has 6 heteroatoms. The lowest BCUT2D eigenvalue weighted by Gasteiger charge is -2.37. The van der Waals surface area contributed by atoms with Crippen molar-refractivity contribution in [1.82, 2.24) is 16.0 Å². The molecule has 0 radical (unpaired) electrons. The number of benzene rings is 1. The van der Waals surface area contributed by atoms with Gasteiger partial charge in [0.05, 0.1) is 6.04 Å². The number of nitrogens with one attached hydrogen (secondary N) is 3. The first-order chi connectivity index (χ1) is 8.31. The highest BCUT2D eigenvalue weighted by Gasteiger charge is 2.42. The predicted molar refractivity (Wildman–Crippen MR) is 86.8 cm³/mol. The maximum atomic E-state index is 3.58. The van der Waals surface area contributed by atoms with E-state index >= 15 is 0 Å². The third-order valence-electron chi connectivity index (χ3n) is 3.59. The standard InChI is InChI=1S/C13H16BrN3.2ClH/c14-11-5-3-10(4-6-11)13(16-8-9-17-13)12-2-1-7-15-12;;/h3-6,8-9,12,15-17H,1-2,7H2;2*1H/t12-;;/m0../s1. The van der Waals surface area contributed by atoms with Crippen LogP contribution in [0.4, 0.5) is 0 Å². The molecule has 3 nitrogen and oxygen atoms in total. The van der Waals surface area contributed by atoms with Gasteiger partial charge in [0, 0.05) is 16.9 Å². The van der Waals surface area contributed by atoms with Crippen molar-refractivity contribution in [1.29, 1.82) is 0 Å². The first-order valence-corrected chi connectivity index (χ1v) is 6.80. The normalized spacial score (nSPS) is 22.9. The molecule has 2 aliphatic rings. The van der Waals surface area contributed by atoms with E-state index in [0.29, 0.717) is 6.04 Å². The molecular weight excluding hydrogens is 349 g/mol. The lowest BCUT2D eigenvalue weighted by molar-refractivity contribution is 0.263. The van der Waals surface area contributed by atoms with Gasteiger partial charge in [-0.1, -0.05) is 28.1 Å².